The second kappa shape index (κ2) is 7.53. The second-order valence-electron chi connectivity index (χ2n) is 6.14. The molecule has 2 aliphatic heterocycles. The summed E-state index contributed by atoms with van der Waals surface area (Å²) < 4.78 is 5.91. The first-order valence-electron chi connectivity index (χ1n) is 8.40. The zero-order valence-electron chi connectivity index (χ0n) is 14.0. The van der Waals surface area contributed by atoms with Gasteiger partial charge in [0.25, 0.3) is 5.91 Å². The number of benzene rings is 1. The van der Waals surface area contributed by atoms with Gasteiger partial charge in [-0.25, -0.2) is 9.69 Å². The lowest BCUT2D eigenvalue weighted by Gasteiger charge is -2.33. The molecule has 2 saturated heterocycles. The monoisotopic (exact) mass is 410 g/mol. The lowest BCUT2D eigenvalue weighted by molar-refractivity contribution is -0.918. The highest BCUT2D eigenvalue weighted by Gasteiger charge is 2.46. The van der Waals surface area contributed by atoms with Crippen LogP contribution in [0.15, 0.2) is 28.7 Å². The number of rotatable bonds is 3. The molecule has 1 atom stereocenters. The number of nitrogens with zero attached hydrogens (tertiary/aromatic N) is 2. The van der Waals surface area contributed by atoms with Crippen molar-refractivity contribution in [3.63, 3.8) is 0 Å². The number of imide groups is 1. The summed E-state index contributed by atoms with van der Waals surface area (Å²) in [5.74, 6) is -0.329. The molecule has 1 aromatic rings. The highest BCUT2D eigenvalue weighted by Crippen LogP contribution is 2.24. The van der Waals surface area contributed by atoms with E-state index in [9.17, 15) is 14.4 Å². The Hall–Kier alpha value is -1.93. The lowest BCUT2D eigenvalue weighted by Crippen LogP contribution is -3.19. The number of nitrogens with one attached hydrogen (secondary N) is 1. The molecule has 3 rings (SSSR count). The molecular weight excluding hydrogens is 390 g/mol. The number of quaternary nitrogens is 1. The molecule has 0 aliphatic carbocycles. The highest BCUT2D eigenvalue weighted by molar-refractivity contribution is 9.10. The smallest absolute Gasteiger partial charge is 0.410 e. The number of hydrogen-bond acceptors (Lipinski definition) is 4. The maximum Gasteiger partial charge on any atom is 0.410 e. The molecule has 7 nitrogen and oxygen atoms in total. The van der Waals surface area contributed by atoms with Crippen molar-refractivity contribution in [3.8, 4) is 0 Å². The molecule has 8 heteroatoms. The Labute approximate surface area is 154 Å². The fourth-order valence-electron chi connectivity index (χ4n) is 3.35. The number of carbonyl (C=O) groups excluding carboxylic acids is 3. The van der Waals surface area contributed by atoms with Crippen molar-refractivity contribution in [1.82, 2.24) is 4.90 Å². The van der Waals surface area contributed by atoms with Crippen molar-refractivity contribution < 1.29 is 24.0 Å². The van der Waals surface area contributed by atoms with Crippen molar-refractivity contribution in [2.24, 2.45) is 0 Å². The number of anilines is 1. The molecular formula is C17H21BrN3O4+. The van der Waals surface area contributed by atoms with Gasteiger partial charge in [-0.05, 0) is 31.2 Å². The zero-order chi connectivity index (χ0) is 18.0. The number of amides is 3. The van der Waals surface area contributed by atoms with Crippen LogP contribution in [-0.2, 0) is 14.3 Å². The number of piperazine rings is 1. The van der Waals surface area contributed by atoms with Gasteiger partial charge in [0.1, 0.15) is 0 Å². The van der Waals surface area contributed by atoms with Gasteiger partial charge in [-0.15, -0.1) is 0 Å². The van der Waals surface area contributed by atoms with Crippen LogP contribution in [0.25, 0.3) is 0 Å². The molecule has 134 valence electrons. The van der Waals surface area contributed by atoms with E-state index in [-0.39, 0.29) is 30.4 Å². The summed E-state index contributed by atoms with van der Waals surface area (Å²) in [5, 5.41) is 0. The van der Waals surface area contributed by atoms with Gasteiger partial charge in [0.05, 0.1) is 44.9 Å². The minimum Gasteiger partial charge on any atom is -0.450 e. The summed E-state index contributed by atoms with van der Waals surface area (Å²) >= 11 is 3.35. The predicted molar refractivity (Wildman–Crippen MR) is 94.3 cm³/mol. The maximum absolute atomic E-state index is 12.8. The van der Waals surface area contributed by atoms with Crippen LogP contribution in [0.4, 0.5) is 10.5 Å². The summed E-state index contributed by atoms with van der Waals surface area (Å²) in [7, 11) is 0. The largest absolute Gasteiger partial charge is 0.450 e. The maximum atomic E-state index is 12.8. The van der Waals surface area contributed by atoms with Crippen LogP contribution < -0.4 is 9.80 Å². The van der Waals surface area contributed by atoms with E-state index in [2.05, 4.69) is 15.9 Å². The average Bonchev–Trinajstić information content (AvgIpc) is 2.91. The van der Waals surface area contributed by atoms with E-state index in [1.54, 1.807) is 24.0 Å². The number of halogens is 1. The van der Waals surface area contributed by atoms with Crippen LogP contribution in [-0.4, -0.2) is 61.6 Å². The third kappa shape index (κ3) is 3.69. The van der Waals surface area contributed by atoms with E-state index in [4.69, 9.17) is 4.74 Å². The topological polar surface area (TPSA) is 71.4 Å². The standard InChI is InChI=1S/C17H20BrN3O4/c1-2-25-17(24)20-9-7-19(8-10-20)14-11-15(22)21(16(14)23)13-5-3-12(18)4-6-13/h3-6,14H,2,7-11H2,1H3/p+1/t14-/m0/s1. The first kappa shape index (κ1) is 17.9. The van der Waals surface area contributed by atoms with Crippen LogP contribution in [0.3, 0.4) is 0 Å². The summed E-state index contributed by atoms with van der Waals surface area (Å²) in [4.78, 5) is 40.9. The molecule has 1 aromatic carbocycles. The lowest BCUT2D eigenvalue weighted by atomic mass is 10.2. The summed E-state index contributed by atoms with van der Waals surface area (Å²) in [6.45, 7) is 4.46. The zero-order valence-corrected chi connectivity index (χ0v) is 15.6. The molecule has 1 N–H and O–H groups in total. The first-order chi connectivity index (χ1) is 12.0. The van der Waals surface area contributed by atoms with Crippen molar-refractivity contribution in [2.45, 2.75) is 19.4 Å². The summed E-state index contributed by atoms with van der Waals surface area (Å²) in [5.41, 5.74) is 0.602. The van der Waals surface area contributed by atoms with Gasteiger partial charge in [0.15, 0.2) is 6.04 Å². The average molecular weight is 411 g/mol. The van der Waals surface area contributed by atoms with E-state index in [0.717, 1.165) is 9.37 Å². The van der Waals surface area contributed by atoms with Crippen LogP contribution in [0.2, 0.25) is 0 Å². The quantitative estimate of drug-likeness (QED) is 0.733. The minimum absolute atomic E-state index is 0.160. The van der Waals surface area contributed by atoms with Crippen molar-refractivity contribution >= 4 is 39.5 Å². The Balaban J connectivity index is 1.65. The summed E-state index contributed by atoms with van der Waals surface area (Å²) in [6, 6.07) is 6.77. The molecule has 0 aromatic heterocycles. The Morgan fingerprint density at radius 2 is 1.88 bits per heavy atom. The van der Waals surface area contributed by atoms with Gasteiger partial charge >= 0.3 is 6.09 Å². The van der Waals surface area contributed by atoms with E-state index in [1.165, 1.54) is 4.90 Å². The number of ether oxygens (including phenoxy) is 1. The molecule has 2 fully saturated rings. The Kier molecular flexibility index (Phi) is 5.39. The van der Waals surface area contributed by atoms with Gasteiger partial charge in [-0.3, -0.25) is 14.5 Å². The molecule has 0 bridgehead atoms. The van der Waals surface area contributed by atoms with Crippen LogP contribution in [0.1, 0.15) is 13.3 Å². The van der Waals surface area contributed by atoms with E-state index < -0.39 is 0 Å². The van der Waals surface area contributed by atoms with E-state index in [0.29, 0.717) is 38.5 Å². The second-order valence-corrected chi connectivity index (χ2v) is 7.06. The van der Waals surface area contributed by atoms with Crippen LogP contribution >= 0.6 is 15.9 Å². The Morgan fingerprint density at radius 1 is 1.24 bits per heavy atom. The van der Waals surface area contributed by atoms with Gasteiger partial charge in [0, 0.05) is 4.47 Å². The summed E-state index contributed by atoms with van der Waals surface area (Å²) in [6.07, 6.45) is -0.101. The van der Waals surface area contributed by atoms with Crippen LogP contribution in [0, 0.1) is 0 Å². The van der Waals surface area contributed by atoms with Crippen molar-refractivity contribution in [2.75, 3.05) is 37.7 Å². The fourth-order valence-corrected chi connectivity index (χ4v) is 3.62. The van der Waals surface area contributed by atoms with Crippen molar-refractivity contribution in [1.29, 1.82) is 0 Å². The molecule has 0 saturated carbocycles. The van der Waals surface area contributed by atoms with Gasteiger partial charge in [-0.2, -0.15) is 0 Å². The third-order valence-corrected chi connectivity index (χ3v) is 5.18. The molecule has 0 spiro atoms. The Bertz CT molecular complexity index is 671. The Morgan fingerprint density at radius 3 is 2.48 bits per heavy atom. The molecule has 2 heterocycles. The van der Waals surface area contributed by atoms with E-state index in [1.807, 2.05) is 12.1 Å². The molecule has 25 heavy (non-hydrogen) atoms. The molecule has 2 aliphatic rings. The third-order valence-electron chi connectivity index (χ3n) is 4.66. The van der Waals surface area contributed by atoms with Crippen LogP contribution in [0.5, 0.6) is 0 Å². The highest BCUT2D eigenvalue weighted by atomic mass is 79.9. The van der Waals surface area contributed by atoms with Gasteiger partial charge in [0.2, 0.25) is 5.91 Å². The fraction of sp³-hybridized carbons (Fsp3) is 0.471. The van der Waals surface area contributed by atoms with Gasteiger partial charge < -0.3 is 9.64 Å². The predicted octanol–water partition coefficient (Wildman–Crippen LogP) is 0.438. The normalized spacial score (nSPS) is 21.8. The molecule has 0 radical (unpaired) electrons. The number of hydrogen-bond donors (Lipinski definition) is 1. The SMILES string of the molecule is CCOC(=O)N1CC[NH+]([C@H]2CC(=O)N(c3ccc(Br)cc3)C2=O)CC1. The van der Waals surface area contributed by atoms with E-state index >= 15 is 0 Å². The number of carbonyl (C=O) groups is 3. The van der Waals surface area contributed by atoms with Crippen molar-refractivity contribution in [3.05, 3.63) is 28.7 Å². The molecule has 0 unspecified atom stereocenters. The minimum atomic E-state index is -0.375. The first-order valence-corrected chi connectivity index (χ1v) is 9.19. The molecule has 3 amide bonds. The van der Waals surface area contributed by atoms with Gasteiger partial charge in [-0.1, -0.05) is 15.9 Å².